The minimum absolute atomic E-state index is 0.972. The Kier molecular flexibility index (Phi) is 3.00. The van der Waals surface area contributed by atoms with Gasteiger partial charge in [0.05, 0.1) is 11.4 Å². The molecule has 0 amide bonds. The molecule has 0 atom stereocenters. The molecule has 0 saturated carbocycles. The molecule has 0 saturated heterocycles. The van der Waals surface area contributed by atoms with Crippen molar-refractivity contribution in [3.8, 4) is 0 Å². The molecule has 0 unspecified atom stereocenters. The first-order valence-corrected chi connectivity index (χ1v) is 6.52. The number of rotatable bonds is 1. The van der Waals surface area contributed by atoms with Crippen LogP contribution in [0.1, 0.15) is 23.6 Å². The van der Waals surface area contributed by atoms with Gasteiger partial charge >= 0.3 is 0 Å². The first kappa shape index (κ1) is 11.8. The van der Waals surface area contributed by atoms with E-state index in [1.54, 1.807) is 0 Å². The zero-order valence-corrected chi connectivity index (χ0v) is 11.1. The maximum Gasteiger partial charge on any atom is 0.0889 e. The van der Waals surface area contributed by atoms with Gasteiger partial charge in [-0.2, -0.15) is 10.2 Å². The van der Waals surface area contributed by atoms with Gasteiger partial charge in [0.15, 0.2) is 0 Å². The average Bonchev–Trinajstić information content (AvgIpc) is 2.41. The van der Waals surface area contributed by atoms with Crippen molar-refractivity contribution in [3.05, 3.63) is 65.7 Å². The predicted octanol–water partition coefficient (Wildman–Crippen LogP) is 5.23. The van der Waals surface area contributed by atoms with E-state index in [0.717, 1.165) is 29.8 Å². The first-order valence-electron chi connectivity index (χ1n) is 6.52. The highest BCUT2D eigenvalue weighted by atomic mass is 15.1. The monoisotopic (exact) mass is 248 g/mol. The number of aryl methyl sites for hydroxylation is 2. The molecule has 2 nitrogen and oxygen atoms in total. The Morgan fingerprint density at radius 1 is 0.947 bits per heavy atom. The van der Waals surface area contributed by atoms with Gasteiger partial charge in [0, 0.05) is 0 Å². The summed E-state index contributed by atoms with van der Waals surface area (Å²) in [7, 11) is 0. The number of allylic oxidation sites excluding steroid dienone is 1. The van der Waals surface area contributed by atoms with E-state index < -0.39 is 0 Å². The van der Waals surface area contributed by atoms with E-state index in [2.05, 4.69) is 41.1 Å². The molecule has 1 heterocycles. The van der Waals surface area contributed by atoms with Crippen LogP contribution in [0.4, 0.5) is 11.4 Å². The summed E-state index contributed by atoms with van der Waals surface area (Å²) in [6, 6.07) is 14.5. The molecule has 0 fully saturated rings. The van der Waals surface area contributed by atoms with Crippen molar-refractivity contribution in [1.29, 1.82) is 0 Å². The van der Waals surface area contributed by atoms with Crippen molar-refractivity contribution in [2.75, 3.05) is 0 Å². The zero-order valence-electron chi connectivity index (χ0n) is 11.1. The van der Waals surface area contributed by atoms with Crippen molar-refractivity contribution in [1.82, 2.24) is 0 Å². The number of hydrogen-bond donors (Lipinski definition) is 0. The standard InChI is InChI=1S/C17H16N2/c1-12(2)14-9-10-17-15(11-14)8-7-13-5-3-4-6-16(13)18-19-17/h3-6,9-11H,1,7-8H2,2H3/b19-18-. The van der Waals surface area contributed by atoms with Gasteiger partial charge in [-0.05, 0) is 54.7 Å². The lowest BCUT2D eigenvalue weighted by Gasteiger charge is -2.12. The SMILES string of the molecule is C=C(C)c1ccc2c(c1)CCc1ccccc1/N=N\2. The Hall–Kier alpha value is -2.22. The van der Waals surface area contributed by atoms with Gasteiger partial charge in [-0.1, -0.05) is 36.4 Å². The normalized spacial score (nSPS) is 14.8. The van der Waals surface area contributed by atoms with Crippen LogP contribution in [0.3, 0.4) is 0 Å². The largest absolute Gasteiger partial charge is 0.150 e. The maximum absolute atomic E-state index is 4.38. The van der Waals surface area contributed by atoms with Gasteiger partial charge < -0.3 is 0 Å². The fourth-order valence-corrected chi connectivity index (χ4v) is 2.35. The second-order valence-corrected chi connectivity index (χ2v) is 4.95. The maximum atomic E-state index is 4.38. The molecule has 0 N–H and O–H groups in total. The van der Waals surface area contributed by atoms with E-state index in [4.69, 9.17) is 0 Å². The minimum Gasteiger partial charge on any atom is -0.150 e. The predicted molar refractivity (Wildman–Crippen MR) is 79.2 cm³/mol. The van der Waals surface area contributed by atoms with Crippen molar-refractivity contribution in [2.45, 2.75) is 19.8 Å². The van der Waals surface area contributed by atoms with E-state index in [9.17, 15) is 0 Å². The Morgan fingerprint density at radius 2 is 1.63 bits per heavy atom. The number of nitrogens with zero attached hydrogens (tertiary/aromatic N) is 2. The molecule has 3 rings (SSSR count). The van der Waals surface area contributed by atoms with Crippen LogP contribution in [-0.2, 0) is 12.8 Å². The lowest BCUT2D eigenvalue weighted by Crippen LogP contribution is -1.95. The molecule has 2 aromatic rings. The molecule has 0 radical (unpaired) electrons. The van der Waals surface area contributed by atoms with Crippen LogP contribution >= 0.6 is 0 Å². The fourth-order valence-electron chi connectivity index (χ4n) is 2.35. The minimum atomic E-state index is 0.972. The fraction of sp³-hybridized carbons (Fsp3) is 0.176. The van der Waals surface area contributed by atoms with Crippen LogP contribution in [0, 0.1) is 0 Å². The van der Waals surface area contributed by atoms with Gasteiger partial charge in [-0.15, -0.1) is 0 Å². The Morgan fingerprint density at radius 3 is 2.42 bits per heavy atom. The highest BCUT2D eigenvalue weighted by Gasteiger charge is 2.10. The van der Waals surface area contributed by atoms with E-state index >= 15 is 0 Å². The summed E-state index contributed by atoms with van der Waals surface area (Å²) in [6.07, 6.45) is 1.99. The smallest absolute Gasteiger partial charge is 0.0889 e. The molecule has 1 aliphatic rings. The van der Waals surface area contributed by atoms with E-state index in [1.165, 1.54) is 16.7 Å². The topological polar surface area (TPSA) is 24.7 Å². The van der Waals surface area contributed by atoms with Crippen LogP contribution in [0.25, 0.3) is 5.57 Å². The molecule has 19 heavy (non-hydrogen) atoms. The summed E-state index contributed by atoms with van der Waals surface area (Å²) in [5.74, 6) is 0. The molecule has 94 valence electrons. The van der Waals surface area contributed by atoms with E-state index in [0.29, 0.717) is 0 Å². The Labute approximate surface area is 113 Å². The lowest BCUT2D eigenvalue weighted by molar-refractivity contribution is 0.935. The number of azo groups is 1. The third kappa shape index (κ3) is 2.34. The quantitative estimate of drug-likeness (QED) is 0.659. The summed E-state index contributed by atoms with van der Waals surface area (Å²) < 4.78 is 0. The second kappa shape index (κ2) is 4.81. The van der Waals surface area contributed by atoms with Crippen molar-refractivity contribution in [2.24, 2.45) is 10.2 Å². The lowest BCUT2D eigenvalue weighted by atomic mass is 9.98. The highest BCUT2D eigenvalue weighted by molar-refractivity contribution is 5.65. The molecular weight excluding hydrogens is 232 g/mol. The summed E-state index contributed by atoms with van der Waals surface area (Å²) >= 11 is 0. The molecule has 2 heteroatoms. The Bertz CT molecular complexity index is 669. The van der Waals surface area contributed by atoms with Gasteiger partial charge in [0.25, 0.3) is 0 Å². The average molecular weight is 248 g/mol. The van der Waals surface area contributed by atoms with Crippen LogP contribution in [0.5, 0.6) is 0 Å². The highest BCUT2D eigenvalue weighted by Crippen LogP contribution is 2.31. The molecule has 0 aliphatic carbocycles. The van der Waals surface area contributed by atoms with Gasteiger partial charge in [-0.25, -0.2) is 0 Å². The Balaban J connectivity index is 2.06. The number of hydrogen-bond acceptors (Lipinski definition) is 2. The molecule has 0 spiro atoms. The van der Waals surface area contributed by atoms with Gasteiger partial charge in [0.1, 0.15) is 0 Å². The second-order valence-electron chi connectivity index (χ2n) is 4.95. The van der Waals surface area contributed by atoms with Crippen LogP contribution in [0.15, 0.2) is 59.3 Å². The summed E-state index contributed by atoms with van der Waals surface area (Å²) in [4.78, 5) is 0. The molecule has 1 aliphatic heterocycles. The molecular formula is C17H16N2. The van der Waals surface area contributed by atoms with Crippen LogP contribution in [-0.4, -0.2) is 0 Å². The van der Waals surface area contributed by atoms with Gasteiger partial charge in [0.2, 0.25) is 0 Å². The van der Waals surface area contributed by atoms with Crippen molar-refractivity contribution in [3.63, 3.8) is 0 Å². The third-order valence-electron chi connectivity index (χ3n) is 3.49. The third-order valence-corrected chi connectivity index (χ3v) is 3.49. The molecule has 2 aromatic carbocycles. The zero-order chi connectivity index (χ0) is 13.2. The van der Waals surface area contributed by atoms with Gasteiger partial charge in [-0.3, -0.25) is 0 Å². The summed E-state index contributed by atoms with van der Waals surface area (Å²) in [6.45, 7) is 6.03. The molecule has 0 bridgehead atoms. The first-order chi connectivity index (χ1) is 9.24. The molecule has 0 aromatic heterocycles. The van der Waals surface area contributed by atoms with Crippen molar-refractivity contribution >= 4 is 16.9 Å². The number of fused-ring (bicyclic) bond motifs is 2. The van der Waals surface area contributed by atoms with Crippen LogP contribution in [0.2, 0.25) is 0 Å². The van der Waals surface area contributed by atoms with Crippen molar-refractivity contribution < 1.29 is 0 Å². The van der Waals surface area contributed by atoms with Crippen LogP contribution < -0.4 is 0 Å². The summed E-state index contributed by atoms with van der Waals surface area (Å²) in [5, 5.41) is 8.75. The number of benzene rings is 2. The van der Waals surface area contributed by atoms with E-state index in [-0.39, 0.29) is 0 Å². The summed E-state index contributed by atoms with van der Waals surface area (Å²) in [5.41, 5.74) is 6.73. The van der Waals surface area contributed by atoms with E-state index in [1.807, 2.05) is 25.1 Å².